The quantitative estimate of drug-likeness (QED) is 0.900. The molecule has 0 radical (unpaired) electrons. The summed E-state index contributed by atoms with van der Waals surface area (Å²) in [5.41, 5.74) is 1.17. The Bertz CT molecular complexity index is 818. The smallest absolute Gasteiger partial charge is 0.276 e. The van der Waals surface area contributed by atoms with E-state index < -0.39 is 10.0 Å². The van der Waals surface area contributed by atoms with Crippen LogP contribution in [0.15, 0.2) is 24.4 Å². The number of hydrogen-bond acceptors (Lipinski definition) is 6. The summed E-state index contributed by atoms with van der Waals surface area (Å²) in [6.45, 7) is 2.39. The molecule has 0 spiro atoms. The van der Waals surface area contributed by atoms with Crippen molar-refractivity contribution in [3.63, 3.8) is 0 Å². The van der Waals surface area contributed by atoms with Crippen molar-refractivity contribution < 1.29 is 13.2 Å². The molecular weight excluding hydrogens is 336 g/mol. The monoisotopic (exact) mass is 352 g/mol. The van der Waals surface area contributed by atoms with Crippen molar-refractivity contribution >= 4 is 32.4 Å². The number of amides is 1. The van der Waals surface area contributed by atoms with Gasteiger partial charge in [0, 0.05) is 30.6 Å². The van der Waals surface area contributed by atoms with Crippen LogP contribution in [0.1, 0.15) is 28.0 Å². The summed E-state index contributed by atoms with van der Waals surface area (Å²) in [6, 6.07) is 5.10. The van der Waals surface area contributed by atoms with E-state index in [0.717, 1.165) is 10.6 Å². The number of anilines is 1. The lowest BCUT2D eigenvalue weighted by atomic mass is 10.2. The summed E-state index contributed by atoms with van der Waals surface area (Å²) in [5, 5.41) is 3.19. The fourth-order valence-electron chi connectivity index (χ4n) is 2.30. The van der Waals surface area contributed by atoms with Crippen LogP contribution in [0.4, 0.5) is 5.13 Å². The largest absolute Gasteiger partial charge is 0.296 e. The summed E-state index contributed by atoms with van der Waals surface area (Å²) in [4.78, 5) is 21.3. The maximum atomic E-state index is 12.1. The van der Waals surface area contributed by atoms with Gasteiger partial charge in [-0.2, -0.15) is 4.31 Å². The topological polar surface area (TPSA) is 92.3 Å². The van der Waals surface area contributed by atoms with Gasteiger partial charge in [-0.25, -0.2) is 13.4 Å². The van der Waals surface area contributed by atoms with Crippen LogP contribution >= 0.6 is 11.3 Å². The lowest BCUT2D eigenvalue weighted by Gasteiger charge is -2.24. The van der Waals surface area contributed by atoms with Crippen LogP contribution in [-0.4, -0.2) is 40.9 Å². The molecule has 0 saturated carbocycles. The number of sulfonamides is 1. The summed E-state index contributed by atoms with van der Waals surface area (Å²) in [5.74, 6) is -0.237. The number of rotatable bonds is 4. The van der Waals surface area contributed by atoms with E-state index in [9.17, 15) is 13.2 Å². The predicted molar refractivity (Wildman–Crippen MR) is 87.9 cm³/mol. The van der Waals surface area contributed by atoms with Gasteiger partial charge >= 0.3 is 0 Å². The maximum Gasteiger partial charge on any atom is 0.276 e. The molecule has 0 atom stereocenters. The first kappa shape index (κ1) is 16.0. The first-order chi connectivity index (χ1) is 11.0. The third-order valence-corrected chi connectivity index (χ3v) is 6.40. The molecule has 1 aliphatic rings. The minimum Gasteiger partial charge on any atom is -0.296 e. The SMILES string of the molecule is CCS(=O)(=O)N1CCc2nc(NC(=O)c3ccccn3)sc2C1. The number of carbonyl (C=O) groups excluding carboxylic acids is 1. The first-order valence-corrected chi connectivity index (χ1v) is 9.61. The van der Waals surface area contributed by atoms with Gasteiger partial charge in [-0.05, 0) is 19.1 Å². The Balaban J connectivity index is 1.75. The average Bonchev–Trinajstić information content (AvgIpc) is 2.96. The molecule has 7 nitrogen and oxygen atoms in total. The molecule has 1 N–H and O–H groups in total. The van der Waals surface area contributed by atoms with Gasteiger partial charge < -0.3 is 0 Å². The van der Waals surface area contributed by atoms with Gasteiger partial charge in [-0.1, -0.05) is 6.07 Å². The van der Waals surface area contributed by atoms with Crippen molar-refractivity contribution in [2.75, 3.05) is 17.6 Å². The van der Waals surface area contributed by atoms with Gasteiger partial charge in [0.05, 0.1) is 11.4 Å². The van der Waals surface area contributed by atoms with Gasteiger partial charge in [0.1, 0.15) is 5.69 Å². The highest BCUT2D eigenvalue weighted by Crippen LogP contribution is 2.29. The standard InChI is InChI=1S/C14H16N4O3S2/c1-2-23(20,21)18-8-6-10-12(9-18)22-14(16-10)17-13(19)11-5-3-4-7-15-11/h3-5,7H,2,6,8-9H2,1H3,(H,16,17,19). The number of carbonyl (C=O) groups is 1. The Hall–Kier alpha value is -1.84. The number of aromatic nitrogens is 2. The molecule has 3 rings (SSSR count). The number of fused-ring (bicyclic) bond motifs is 1. The number of pyridine rings is 1. The molecule has 1 amide bonds. The molecule has 2 aromatic heterocycles. The second kappa shape index (κ2) is 6.34. The van der Waals surface area contributed by atoms with Crippen LogP contribution < -0.4 is 5.32 Å². The van der Waals surface area contributed by atoms with Crippen LogP contribution in [0.25, 0.3) is 0 Å². The number of thiazole rings is 1. The molecule has 0 saturated heterocycles. The second-order valence-corrected chi connectivity index (χ2v) is 8.38. The normalized spacial score (nSPS) is 15.2. The molecule has 0 bridgehead atoms. The van der Waals surface area contributed by atoms with Crippen molar-refractivity contribution in [1.29, 1.82) is 0 Å². The predicted octanol–water partition coefficient (Wildman–Crippen LogP) is 1.50. The highest BCUT2D eigenvalue weighted by Gasteiger charge is 2.28. The molecule has 122 valence electrons. The Kier molecular flexibility index (Phi) is 4.42. The van der Waals surface area contributed by atoms with Crippen molar-refractivity contribution in [2.24, 2.45) is 0 Å². The second-order valence-electron chi connectivity index (χ2n) is 5.04. The zero-order valence-corrected chi connectivity index (χ0v) is 14.2. The van der Waals surface area contributed by atoms with E-state index in [-0.39, 0.29) is 11.7 Å². The fraction of sp³-hybridized carbons (Fsp3) is 0.357. The minimum absolute atomic E-state index is 0.0877. The van der Waals surface area contributed by atoms with Crippen molar-refractivity contribution in [3.8, 4) is 0 Å². The lowest BCUT2D eigenvalue weighted by molar-refractivity contribution is 0.102. The van der Waals surface area contributed by atoms with Crippen molar-refractivity contribution in [1.82, 2.24) is 14.3 Å². The third-order valence-electron chi connectivity index (χ3n) is 3.57. The molecule has 3 heterocycles. The van der Waals surface area contributed by atoms with E-state index >= 15 is 0 Å². The van der Waals surface area contributed by atoms with E-state index in [1.165, 1.54) is 15.6 Å². The minimum atomic E-state index is -3.21. The lowest BCUT2D eigenvalue weighted by Crippen LogP contribution is -2.36. The Labute approximate surface area is 138 Å². The van der Waals surface area contributed by atoms with Gasteiger partial charge in [0.2, 0.25) is 10.0 Å². The zero-order chi connectivity index (χ0) is 16.4. The molecule has 0 fully saturated rings. The molecule has 0 aliphatic carbocycles. The van der Waals surface area contributed by atoms with Crippen LogP contribution in [0, 0.1) is 0 Å². The van der Waals surface area contributed by atoms with E-state index in [0.29, 0.717) is 30.3 Å². The molecule has 0 aromatic carbocycles. The summed E-state index contributed by atoms with van der Waals surface area (Å²) < 4.78 is 25.4. The Morgan fingerprint density at radius 2 is 2.26 bits per heavy atom. The van der Waals surface area contributed by atoms with Gasteiger partial charge in [0.15, 0.2) is 5.13 Å². The fourth-order valence-corrected chi connectivity index (χ4v) is 4.46. The van der Waals surface area contributed by atoms with Crippen molar-refractivity contribution in [2.45, 2.75) is 19.9 Å². The van der Waals surface area contributed by atoms with Gasteiger partial charge in [-0.3, -0.25) is 15.1 Å². The summed E-state index contributed by atoms with van der Waals surface area (Å²) in [6.07, 6.45) is 2.11. The van der Waals surface area contributed by atoms with Gasteiger partial charge in [-0.15, -0.1) is 11.3 Å². The van der Waals surface area contributed by atoms with E-state index in [1.807, 2.05) is 0 Å². The Morgan fingerprint density at radius 3 is 2.96 bits per heavy atom. The van der Waals surface area contributed by atoms with Crippen LogP contribution in [0.3, 0.4) is 0 Å². The number of nitrogens with zero attached hydrogens (tertiary/aromatic N) is 3. The molecular formula is C14H16N4O3S2. The average molecular weight is 352 g/mol. The number of nitrogens with one attached hydrogen (secondary N) is 1. The van der Waals surface area contributed by atoms with E-state index in [1.54, 1.807) is 31.3 Å². The van der Waals surface area contributed by atoms with E-state index in [2.05, 4.69) is 15.3 Å². The van der Waals surface area contributed by atoms with Crippen molar-refractivity contribution in [3.05, 3.63) is 40.7 Å². The van der Waals surface area contributed by atoms with Gasteiger partial charge in [0.25, 0.3) is 5.91 Å². The highest BCUT2D eigenvalue weighted by atomic mass is 32.2. The Morgan fingerprint density at radius 1 is 1.43 bits per heavy atom. The molecule has 23 heavy (non-hydrogen) atoms. The molecule has 0 unspecified atom stereocenters. The molecule has 2 aromatic rings. The molecule has 9 heteroatoms. The third kappa shape index (κ3) is 3.41. The highest BCUT2D eigenvalue weighted by molar-refractivity contribution is 7.89. The summed E-state index contributed by atoms with van der Waals surface area (Å²) in [7, 11) is -3.21. The zero-order valence-electron chi connectivity index (χ0n) is 12.5. The summed E-state index contributed by atoms with van der Waals surface area (Å²) >= 11 is 1.31. The van der Waals surface area contributed by atoms with Crippen LogP contribution in [-0.2, 0) is 23.0 Å². The number of hydrogen-bond donors (Lipinski definition) is 1. The molecule has 1 aliphatic heterocycles. The van der Waals surface area contributed by atoms with Crippen LogP contribution in [0.2, 0.25) is 0 Å². The first-order valence-electron chi connectivity index (χ1n) is 7.18. The maximum absolute atomic E-state index is 12.1. The van der Waals surface area contributed by atoms with E-state index in [4.69, 9.17) is 0 Å². The van der Waals surface area contributed by atoms with Crippen LogP contribution in [0.5, 0.6) is 0 Å².